The molecule has 22 heavy (non-hydrogen) atoms. The summed E-state index contributed by atoms with van der Waals surface area (Å²) in [5.74, 6) is 1.86. The summed E-state index contributed by atoms with van der Waals surface area (Å²) in [5, 5.41) is 0.432. The minimum Gasteiger partial charge on any atom is -1.00 e. The number of carbonyl (C=O) groups is 2. The van der Waals surface area contributed by atoms with E-state index in [1.165, 1.54) is 23.5 Å². The molecule has 4 nitrogen and oxygen atoms in total. The van der Waals surface area contributed by atoms with Crippen LogP contribution in [0.3, 0.4) is 0 Å². The molecule has 136 valence electrons. The Morgan fingerprint density at radius 1 is 0.682 bits per heavy atom. The molecule has 0 spiro atoms. The molecule has 0 atom stereocenters. The second kappa shape index (κ2) is 15.9. The highest BCUT2D eigenvalue weighted by atomic mass is 127. The summed E-state index contributed by atoms with van der Waals surface area (Å²) in [6.07, 6.45) is 0. The van der Waals surface area contributed by atoms with E-state index in [2.05, 4.69) is 42.3 Å². The zero-order chi connectivity index (χ0) is 16.4. The van der Waals surface area contributed by atoms with Crippen LogP contribution in [0.4, 0.5) is 0 Å². The van der Waals surface area contributed by atoms with Crippen LogP contribution in [-0.2, 0) is 9.59 Å². The van der Waals surface area contributed by atoms with Crippen molar-refractivity contribution in [1.82, 2.24) is 0 Å². The molecule has 0 aliphatic heterocycles. The first kappa shape index (κ1) is 31.2. The van der Waals surface area contributed by atoms with Crippen LogP contribution < -0.4 is 48.0 Å². The average Bonchev–Trinajstić information content (AvgIpc) is 2.12. The molecule has 0 radical (unpaired) electrons. The Hall–Kier alpha value is 1.42. The van der Waals surface area contributed by atoms with Gasteiger partial charge >= 0.3 is 0 Å². The Bertz CT molecular complexity index is 274. The van der Waals surface area contributed by atoms with Crippen LogP contribution in [-0.4, -0.2) is 86.1 Å². The summed E-state index contributed by atoms with van der Waals surface area (Å²) < 4.78 is 1.86. The minimum atomic E-state index is 0. The van der Waals surface area contributed by atoms with E-state index in [-0.39, 0.29) is 58.2 Å². The summed E-state index contributed by atoms with van der Waals surface area (Å²) in [6, 6.07) is 0. The molecule has 0 aromatic rings. The molecule has 0 saturated carbocycles. The van der Waals surface area contributed by atoms with Gasteiger partial charge in [0.15, 0.2) is 10.2 Å². The van der Waals surface area contributed by atoms with Gasteiger partial charge in [-0.2, -0.15) is 0 Å². The number of hydrogen-bond acceptors (Lipinski definition) is 4. The number of nitrogens with zero attached hydrogens (tertiary/aromatic N) is 2. The second-order valence-electron chi connectivity index (χ2n) is 6.71. The molecule has 0 N–H and O–H groups in total. The smallest absolute Gasteiger partial charge is 0.186 e. The van der Waals surface area contributed by atoms with Gasteiger partial charge in [-0.3, -0.25) is 9.59 Å². The SMILES string of the molecule is CC(=O)SCC[N+](C)(C)C.CC(=O)SCC[N+](C)(C)C.[I-].[I-]. The standard InChI is InChI=1S/2C7H16NOS.2HI/c2*1-7(9)10-6-5-8(2,3)4;;/h2*5-6H2,1-4H3;2*1H/q2*+1;;/p-2. The fourth-order valence-corrected chi connectivity index (χ4v) is 2.78. The number of rotatable bonds is 6. The van der Waals surface area contributed by atoms with Crippen LogP contribution >= 0.6 is 23.5 Å². The largest absolute Gasteiger partial charge is 1.00 e. The van der Waals surface area contributed by atoms with E-state index >= 15 is 0 Å². The van der Waals surface area contributed by atoms with Gasteiger partial charge in [0.25, 0.3) is 0 Å². The predicted molar refractivity (Wildman–Crippen MR) is 92.1 cm³/mol. The molecule has 0 heterocycles. The fraction of sp³-hybridized carbons (Fsp3) is 0.857. The zero-order valence-corrected chi connectivity index (χ0v) is 21.1. The Morgan fingerprint density at radius 2 is 0.909 bits per heavy atom. The predicted octanol–water partition coefficient (Wildman–Crippen LogP) is -4.05. The van der Waals surface area contributed by atoms with Crippen LogP contribution in [0, 0.1) is 0 Å². The third-order valence-corrected chi connectivity index (χ3v) is 3.72. The van der Waals surface area contributed by atoms with Crippen LogP contribution in [0.1, 0.15) is 13.8 Å². The van der Waals surface area contributed by atoms with Gasteiger partial charge in [0, 0.05) is 13.8 Å². The Labute approximate surface area is 179 Å². The fourth-order valence-electron chi connectivity index (χ4n) is 0.926. The van der Waals surface area contributed by atoms with E-state index in [0.29, 0.717) is 0 Å². The van der Waals surface area contributed by atoms with Crippen molar-refractivity contribution in [3.63, 3.8) is 0 Å². The molecule has 0 bridgehead atoms. The highest BCUT2D eigenvalue weighted by molar-refractivity contribution is 8.13. The van der Waals surface area contributed by atoms with Crippen molar-refractivity contribution >= 4 is 33.8 Å². The number of carbonyl (C=O) groups excluding carboxylic acids is 2. The molecule has 0 saturated heterocycles. The Morgan fingerprint density at radius 3 is 1.05 bits per heavy atom. The molecule has 0 aromatic heterocycles. The lowest BCUT2D eigenvalue weighted by Gasteiger charge is -2.22. The molecule has 0 aliphatic carbocycles. The van der Waals surface area contributed by atoms with E-state index < -0.39 is 0 Å². The monoisotopic (exact) mass is 578 g/mol. The van der Waals surface area contributed by atoms with Gasteiger partial charge in [0.1, 0.15) is 0 Å². The lowest BCUT2D eigenvalue weighted by Crippen LogP contribution is -3.00. The van der Waals surface area contributed by atoms with E-state index in [1.54, 1.807) is 13.8 Å². The Balaban J connectivity index is -0.000000135. The van der Waals surface area contributed by atoms with Crippen molar-refractivity contribution in [2.24, 2.45) is 0 Å². The maximum Gasteiger partial charge on any atom is 0.186 e. The lowest BCUT2D eigenvalue weighted by atomic mass is 10.6. The lowest BCUT2D eigenvalue weighted by molar-refractivity contribution is -0.867. The first-order valence-corrected chi connectivity index (χ1v) is 8.68. The number of halogens is 2. The first-order chi connectivity index (χ1) is 8.83. The van der Waals surface area contributed by atoms with Gasteiger partial charge in [-0.05, 0) is 0 Å². The van der Waals surface area contributed by atoms with Crippen molar-refractivity contribution < 1.29 is 66.5 Å². The maximum atomic E-state index is 10.5. The van der Waals surface area contributed by atoms with Crippen LogP contribution in [0.15, 0.2) is 0 Å². The molecule has 8 heteroatoms. The third-order valence-electron chi connectivity index (χ3n) is 2.13. The van der Waals surface area contributed by atoms with Crippen molar-refractivity contribution in [2.75, 3.05) is 66.9 Å². The van der Waals surface area contributed by atoms with Crippen LogP contribution in [0.2, 0.25) is 0 Å². The zero-order valence-electron chi connectivity index (χ0n) is 15.1. The normalized spacial score (nSPS) is 10.5. The highest BCUT2D eigenvalue weighted by Crippen LogP contribution is 2.03. The highest BCUT2D eigenvalue weighted by Gasteiger charge is 2.07. The van der Waals surface area contributed by atoms with Crippen LogP contribution in [0.25, 0.3) is 0 Å². The number of thioether (sulfide) groups is 2. The van der Waals surface area contributed by atoms with Crippen molar-refractivity contribution in [3.05, 3.63) is 0 Å². The quantitative estimate of drug-likeness (QED) is 0.238. The van der Waals surface area contributed by atoms with Gasteiger partial charge in [0.05, 0.1) is 66.9 Å². The summed E-state index contributed by atoms with van der Waals surface area (Å²) in [5.41, 5.74) is 0. The number of hydrogen-bond donors (Lipinski definition) is 0. The summed E-state index contributed by atoms with van der Waals surface area (Å²) >= 11 is 2.81. The second-order valence-corrected chi connectivity index (χ2v) is 9.25. The molecule has 0 rings (SSSR count). The van der Waals surface area contributed by atoms with E-state index in [4.69, 9.17) is 0 Å². The summed E-state index contributed by atoms with van der Waals surface area (Å²) in [6.45, 7) is 5.31. The van der Waals surface area contributed by atoms with Gasteiger partial charge < -0.3 is 56.9 Å². The molecular weight excluding hydrogens is 546 g/mol. The topological polar surface area (TPSA) is 34.1 Å². The van der Waals surface area contributed by atoms with Crippen molar-refractivity contribution in [1.29, 1.82) is 0 Å². The van der Waals surface area contributed by atoms with Gasteiger partial charge in [-0.25, -0.2) is 0 Å². The minimum absolute atomic E-state index is 0. The molecule has 0 aliphatic rings. The molecule has 0 amide bonds. The molecule has 0 unspecified atom stereocenters. The molecule has 0 aromatic carbocycles. The molecular formula is C14H32I2N2O2S2. The Kier molecular flexibility index (Phi) is 22.6. The summed E-state index contributed by atoms with van der Waals surface area (Å²) in [7, 11) is 12.8. The van der Waals surface area contributed by atoms with Gasteiger partial charge in [0.2, 0.25) is 0 Å². The van der Waals surface area contributed by atoms with Gasteiger partial charge in [-0.1, -0.05) is 23.5 Å². The molecule has 0 fully saturated rings. The van der Waals surface area contributed by atoms with E-state index in [9.17, 15) is 9.59 Å². The van der Waals surface area contributed by atoms with Crippen LogP contribution in [0.5, 0.6) is 0 Å². The average molecular weight is 578 g/mol. The van der Waals surface area contributed by atoms with E-state index in [1.807, 2.05) is 0 Å². The maximum absolute atomic E-state index is 10.5. The van der Waals surface area contributed by atoms with Gasteiger partial charge in [-0.15, -0.1) is 0 Å². The van der Waals surface area contributed by atoms with Crippen molar-refractivity contribution in [3.8, 4) is 0 Å². The van der Waals surface area contributed by atoms with E-state index in [0.717, 1.165) is 33.6 Å². The first-order valence-electron chi connectivity index (χ1n) is 6.71. The summed E-state index contributed by atoms with van der Waals surface area (Å²) in [4.78, 5) is 21.0. The third kappa shape index (κ3) is 37.6. The van der Waals surface area contributed by atoms with Crippen molar-refractivity contribution in [2.45, 2.75) is 13.8 Å². The number of quaternary nitrogens is 2.